The molecule has 5 nitrogen and oxygen atoms in total. The number of anilines is 1. The average Bonchev–Trinajstić information content (AvgIpc) is 2.55. The van der Waals surface area contributed by atoms with Gasteiger partial charge in [-0.25, -0.2) is 9.97 Å². The predicted octanol–water partition coefficient (Wildman–Crippen LogP) is 4.61. The molecule has 0 radical (unpaired) electrons. The molecule has 122 valence electrons. The maximum Gasteiger partial charge on any atom is 0.250 e. The van der Waals surface area contributed by atoms with Crippen LogP contribution in [0.15, 0.2) is 47.8 Å². The van der Waals surface area contributed by atoms with Crippen LogP contribution in [0.25, 0.3) is 10.9 Å². The van der Waals surface area contributed by atoms with Crippen LogP contribution in [0.2, 0.25) is 0 Å². The molecule has 0 saturated carbocycles. The predicted molar refractivity (Wildman–Crippen MR) is 99.0 cm³/mol. The quantitative estimate of drug-likeness (QED) is 0.409. The van der Waals surface area contributed by atoms with E-state index in [4.69, 9.17) is 34.8 Å². The molecule has 3 rings (SSSR count). The normalized spacial score (nSPS) is 12.0. The van der Waals surface area contributed by atoms with Crippen LogP contribution < -0.4 is 5.43 Å². The number of rotatable bonds is 3. The monoisotopic (exact) mass is 379 g/mol. The lowest BCUT2D eigenvalue weighted by molar-refractivity contribution is 0.992. The van der Waals surface area contributed by atoms with E-state index in [2.05, 4.69) is 25.5 Å². The topological polar surface area (TPSA) is 63.1 Å². The summed E-state index contributed by atoms with van der Waals surface area (Å²) in [6, 6.07) is 9.40. The summed E-state index contributed by atoms with van der Waals surface area (Å²) in [6.45, 7) is 1.98. The van der Waals surface area contributed by atoms with Gasteiger partial charge in [-0.2, -0.15) is 5.10 Å². The van der Waals surface area contributed by atoms with Crippen molar-refractivity contribution in [2.75, 3.05) is 5.43 Å². The first-order valence-electron chi connectivity index (χ1n) is 6.98. The minimum Gasteiger partial charge on any atom is -0.265 e. The first-order chi connectivity index (χ1) is 11.4. The second-order valence-electron chi connectivity index (χ2n) is 5.06. The van der Waals surface area contributed by atoms with E-state index in [1.807, 2.05) is 37.3 Å². The van der Waals surface area contributed by atoms with Crippen LogP contribution >= 0.6 is 34.8 Å². The summed E-state index contributed by atoms with van der Waals surface area (Å²) in [5.41, 5.74) is 5.52. The molecule has 0 spiro atoms. The Labute approximate surface area is 153 Å². The molecule has 2 aromatic heterocycles. The molecule has 1 N–H and O–H groups in total. The molecule has 8 heteroatoms. The highest BCUT2D eigenvalue weighted by Gasteiger charge is 2.28. The van der Waals surface area contributed by atoms with Crippen LogP contribution in [-0.4, -0.2) is 21.2 Å². The van der Waals surface area contributed by atoms with Gasteiger partial charge >= 0.3 is 0 Å². The van der Waals surface area contributed by atoms with E-state index in [9.17, 15) is 0 Å². The van der Waals surface area contributed by atoms with Crippen LogP contribution in [0.3, 0.4) is 0 Å². The molecule has 1 aromatic carbocycles. The Morgan fingerprint density at radius 1 is 1.08 bits per heavy atom. The maximum absolute atomic E-state index is 5.92. The fourth-order valence-electron chi connectivity index (χ4n) is 2.07. The van der Waals surface area contributed by atoms with Gasteiger partial charge in [0.05, 0.1) is 11.7 Å². The molecule has 0 aliphatic carbocycles. The van der Waals surface area contributed by atoms with Gasteiger partial charge < -0.3 is 0 Å². The van der Waals surface area contributed by atoms with E-state index >= 15 is 0 Å². The molecular formula is C16H12Cl3N5. The fourth-order valence-corrected chi connectivity index (χ4v) is 2.33. The minimum absolute atomic E-state index is 0.0884. The number of nitrogens with one attached hydrogen (secondary N) is 1. The largest absolute Gasteiger partial charge is 0.265 e. The van der Waals surface area contributed by atoms with E-state index in [1.165, 1.54) is 0 Å². The molecule has 0 unspecified atom stereocenters. The molecule has 2 heterocycles. The molecule has 0 aliphatic heterocycles. The summed E-state index contributed by atoms with van der Waals surface area (Å²) in [5.74, 6) is 0.556. The fraction of sp³-hybridized carbons (Fsp3) is 0.125. The summed E-state index contributed by atoms with van der Waals surface area (Å²) in [5, 5.41) is 4.98. The highest BCUT2D eigenvalue weighted by Crippen LogP contribution is 2.37. The number of benzene rings is 1. The summed E-state index contributed by atoms with van der Waals surface area (Å²) in [4.78, 5) is 12.6. The third kappa shape index (κ3) is 3.93. The third-order valence-electron chi connectivity index (χ3n) is 3.19. The number of aryl methyl sites for hydroxylation is 1. The standard InChI is InChI=1S/C16H12Cl3N5/c1-10-2-3-13-12(8-10)14(23-15(22-13)16(17,18)19)24-21-9-11-4-6-20-7-5-11/h2-9H,1H3,(H,22,23,24)/b21-9-. The highest BCUT2D eigenvalue weighted by molar-refractivity contribution is 6.66. The number of aromatic nitrogens is 3. The van der Waals surface area contributed by atoms with Gasteiger partial charge in [0.15, 0.2) is 11.6 Å². The average molecular weight is 381 g/mol. The van der Waals surface area contributed by atoms with E-state index < -0.39 is 3.79 Å². The number of hydrazone groups is 1. The number of fused-ring (bicyclic) bond motifs is 1. The zero-order valence-electron chi connectivity index (χ0n) is 12.5. The van der Waals surface area contributed by atoms with Crippen LogP contribution in [0.1, 0.15) is 17.0 Å². The zero-order valence-corrected chi connectivity index (χ0v) is 14.8. The van der Waals surface area contributed by atoms with Crippen molar-refractivity contribution < 1.29 is 0 Å². The Bertz CT molecular complexity index is 891. The van der Waals surface area contributed by atoms with Crippen molar-refractivity contribution >= 4 is 57.7 Å². The Balaban J connectivity index is 2.01. The van der Waals surface area contributed by atoms with E-state index in [0.29, 0.717) is 11.3 Å². The van der Waals surface area contributed by atoms with Gasteiger partial charge in [0, 0.05) is 17.8 Å². The van der Waals surface area contributed by atoms with E-state index in [0.717, 1.165) is 16.5 Å². The molecule has 0 saturated heterocycles. The summed E-state index contributed by atoms with van der Waals surface area (Å²) < 4.78 is -1.72. The third-order valence-corrected chi connectivity index (χ3v) is 3.70. The molecule has 0 atom stereocenters. The van der Waals surface area contributed by atoms with Crippen molar-refractivity contribution in [1.82, 2.24) is 15.0 Å². The molecule has 3 aromatic rings. The second-order valence-corrected chi connectivity index (χ2v) is 7.35. The lowest BCUT2D eigenvalue weighted by Crippen LogP contribution is -2.09. The first-order valence-corrected chi connectivity index (χ1v) is 8.11. The van der Waals surface area contributed by atoms with Gasteiger partial charge in [-0.05, 0) is 36.8 Å². The SMILES string of the molecule is Cc1ccc2nc(C(Cl)(Cl)Cl)nc(N/N=C\c3ccncc3)c2c1. The molecule has 0 fully saturated rings. The number of pyridine rings is 1. The van der Waals surface area contributed by atoms with Crippen molar-refractivity contribution in [1.29, 1.82) is 0 Å². The molecule has 0 aliphatic rings. The minimum atomic E-state index is -1.72. The van der Waals surface area contributed by atoms with Gasteiger partial charge in [-0.1, -0.05) is 46.4 Å². The number of hydrogen-bond acceptors (Lipinski definition) is 5. The van der Waals surface area contributed by atoms with E-state index in [-0.39, 0.29) is 5.82 Å². The summed E-state index contributed by atoms with van der Waals surface area (Å²) >= 11 is 17.8. The maximum atomic E-state index is 5.92. The van der Waals surface area contributed by atoms with Gasteiger partial charge in [-0.15, -0.1) is 0 Å². The van der Waals surface area contributed by atoms with Crippen LogP contribution in [-0.2, 0) is 3.79 Å². The number of halogens is 3. The van der Waals surface area contributed by atoms with Crippen molar-refractivity contribution in [3.8, 4) is 0 Å². The van der Waals surface area contributed by atoms with Gasteiger partial charge in [-0.3, -0.25) is 10.4 Å². The van der Waals surface area contributed by atoms with Gasteiger partial charge in [0.2, 0.25) is 3.79 Å². The Hall–Kier alpha value is -1.95. The number of hydrogen-bond donors (Lipinski definition) is 1. The van der Waals surface area contributed by atoms with Crippen molar-refractivity contribution in [3.05, 3.63) is 59.7 Å². The lowest BCUT2D eigenvalue weighted by Gasteiger charge is -2.13. The number of nitrogens with zero attached hydrogens (tertiary/aromatic N) is 4. The van der Waals surface area contributed by atoms with Crippen molar-refractivity contribution in [2.24, 2.45) is 5.10 Å². The molecular weight excluding hydrogens is 369 g/mol. The molecule has 24 heavy (non-hydrogen) atoms. The Morgan fingerprint density at radius 3 is 2.54 bits per heavy atom. The molecule has 0 amide bonds. The van der Waals surface area contributed by atoms with Gasteiger partial charge in [0.1, 0.15) is 0 Å². The van der Waals surface area contributed by atoms with Crippen molar-refractivity contribution in [3.63, 3.8) is 0 Å². The van der Waals surface area contributed by atoms with Crippen LogP contribution in [0.4, 0.5) is 5.82 Å². The molecule has 0 bridgehead atoms. The summed E-state index contributed by atoms with van der Waals surface area (Å²) in [6.07, 6.45) is 5.03. The zero-order chi connectivity index (χ0) is 17.2. The van der Waals surface area contributed by atoms with Crippen LogP contribution in [0.5, 0.6) is 0 Å². The first kappa shape index (κ1) is 16.9. The van der Waals surface area contributed by atoms with Gasteiger partial charge in [0.25, 0.3) is 0 Å². The number of alkyl halides is 3. The van der Waals surface area contributed by atoms with E-state index in [1.54, 1.807) is 18.6 Å². The van der Waals surface area contributed by atoms with Crippen molar-refractivity contribution in [2.45, 2.75) is 10.7 Å². The second kappa shape index (κ2) is 6.89. The van der Waals surface area contributed by atoms with Crippen LogP contribution in [0, 0.1) is 6.92 Å². The lowest BCUT2D eigenvalue weighted by atomic mass is 10.1. The smallest absolute Gasteiger partial charge is 0.250 e. The summed E-state index contributed by atoms with van der Waals surface area (Å²) in [7, 11) is 0. The Morgan fingerprint density at radius 2 is 1.83 bits per heavy atom. The Kier molecular flexibility index (Phi) is 4.85. The highest BCUT2D eigenvalue weighted by atomic mass is 35.6.